The lowest BCUT2D eigenvalue weighted by Crippen LogP contribution is -2.14. The summed E-state index contributed by atoms with van der Waals surface area (Å²) in [5.74, 6) is 1.26. The number of fused-ring (bicyclic) bond motifs is 3. The summed E-state index contributed by atoms with van der Waals surface area (Å²) in [6.07, 6.45) is 7.55. The highest BCUT2D eigenvalue weighted by Crippen LogP contribution is 2.37. The summed E-state index contributed by atoms with van der Waals surface area (Å²) >= 11 is 1.67. The lowest BCUT2D eigenvalue weighted by molar-refractivity contribution is 0.451. The van der Waals surface area contributed by atoms with Crippen LogP contribution < -0.4 is 5.56 Å². The lowest BCUT2D eigenvalue weighted by atomic mass is 9.86. The third-order valence-corrected chi connectivity index (χ3v) is 5.57. The van der Waals surface area contributed by atoms with Crippen LogP contribution >= 0.6 is 11.3 Å². The van der Waals surface area contributed by atoms with Gasteiger partial charge in [0.05, 0.1) is 5.39 Å². The van der Waals surface area contributed by atoms with Crippen LogP contribution in [0.4, 0.5) is 0 Å². The van der Waals surface area contributed by atoms with Gasteiger partial charge in [0.1, 0.15) is 16.9 Å². The predicted molar refractivity (Wildman–Crippen MR) is 87.1 cm³/mol. The third kappa shape index (κ3) is 2.14. The van der Waals surface area contributed by atoms with E-state index in [0.29, 0.717) is 11.5 Å². The number of nitrogens with one attached hydrogen (secondary N) is 1. The maximum atomic E-state index is 12.5. The number of nitrogens with zero attached hydrogens (tertiary/aromatic N) is 3. The van der Waals surface area contributed by atoms with Crippen LogP contribution in [-0.2, 0) is 12.8 Å². The van der Waals surface area contributed by atoms with Crippen molar-refractivity contribution in [3.63, 3.8) is 0 Å². The van der Waals surface area contributed by atoms with E-state index < -0.39 is 0 Å². The molecular formula is C16H16N4OS. The molecule has 0 saturated carbocycles. The highest BCUT2D eigenvalue weighted by Gasteiger charge is 2.24. The maximum Gasteiger partial charge on any atom is 0.260 e. The number of rotatable bonds is 2. The van der Waals surface area contributed by atoms with Crippen LogP contribution in [0, 0.1) is 5.92 Å². The first-order valence-corrected chi connectivity index (χ1v) is 8.39. The smallest absolute Gasteiger partial charge is 0.260 e. The normalized spacial score (nSPS) is 17.6. The van der Waals surface area contributed by atoms with Crippen molar-refractivity contribution in [1.29, 1.82) is 0 Å². The number of hydrogen-bond donors (Lipinski definition) is 1. The van der Waals surface area contributed by atoms with Gasteiger partial charge in [-0.1, -0.05) is 13.3 Å². The van der Waals surface area contributed by atoms with Crippen molar-refractivity contribution in [2.45, 2.75) is 32.6 Å². The highest BCUT2D eigenvalue weighted by molar-refractivity contribution is 7.18. The van der Waals surface area contributed by atoms with Gasteiger partial charge >= 0.3 is 0 Å². The number of aromatic amines is 1. The lowest BCUT2D eigenvalue weighted by Gasteiger charge is -2.20. The van der Waals surface area contributed by atoms with E-state index in [-0.39, 0.29) is 5.56 Å². The van der Waals surface area contributed by atoms with Crippen LogP contribution in [0.25, 0.3) is 21.7 Å². The van der Waals surface area contributed by atoms with Crippen LogP contribution in [0.2, 0.25) is 0 Å². The van der Waals surface area contributed by atoms with E-state index in [2.05, 4.69) is 26.9 Å². The van der Waals surface area contributed by atoms with Crippen LogP contribution in [0.15, 0.2) is 23.4 Å². The molecule has 0 aromatic carbocycles. The molecule has 1 unspecified atom stereocenters. The molecule has 0 fully saturated rings. The van der Waals surface area contributed by atoms with Gasteiger partial charge < -0.3 is 4.98 Å². The molecule has 1 atom stereocenters. The monoisotopic (exact) mass is 312 g/mol. The van der Waals surface area contributed by atoms with Gasteiger partial charge in [0, 0.05) is 11.1 Å². The summed E-state index contributed by atoms with van der Waals surface area (Å²) in [7, 11) is 0. The molecule has 4 rings (SSSR count). The summed E-state index contributed by atoms with van der Waals surface area (Å²) in [4.78, 5) is 30.3. The van der Waals surface area contributed by atoms with Crippen molar-refractivity contribution in [2.24, 2.45) is 5.92 Å². The molecule has 112 valence electrons. The van der Waals surface area contributed by atoms with Crippen LogP contribution in [0.1, 0.15) is 30.2 Å². The second-order valence-corrected chi connectivity index (χ2v) is 6.79. The molecule has 0 amide bonds. The third-order valence-electron chi connectivity index (χ3n) is 4.42. The molecule has 6 heteroatoms. The zero-order valence-corrected chi connectivity index (χ0v) is 13.1. The molecule has 0 saturated heterocycles. The van der Waals surface area contributed by atoms with Gasteiger partial charge in [-0.3, -0.25) is 4.79 Å². The Hall–Kier alpha value is -2.08. The van der Waals surface area contributed by atoms with Crippen molar-refractivity contribution in [1.82, 2.24) is 19.9 Å². The first kappa shape index (κ1) is 13.6. The van der Waals surface area contributed by atoms with E-state index in [4.69, 9.17) is 0 Å². The SMILES string of the molecule is CCC1CCc2c(sc3nc(-c4ccncn4)[nH]c(=O)c23)C1. The molecular weight excluding hydrogens is 296 g/mol. The van der Waals surface area contributed by atoms with Gasteiger partial charge in [0.15, 0.2) is 5.82 Å². The van der Waals surface area contributed by atoms with Crippen LogP contribution in [0.3, 0.4) is 0 Å². The Morgan fingerprint density at radius 2 is 2.36 bits per heavy atom. The van der Waals surface area contributed by atoms with E-state index in [9.17, 15) is 4.79 Å². The molecule has 5 nitrogen and oxygen atoms in total. The Morgan fingerprint density at radius 1 is 1.45 bits per heavy atom. The van der Waals surface area contributed by atoms with Gasteiger partial charge in [-0.15, -0.1) is 11.3 Å². The van der Waals surface area contributed by atoms with Crippen molar-refractivity contribution >= 4 is 21.6 Å². The molecule has 0 bridgehead atoms. The van der Waals surface area contributed by atoms with Crippen molar-refractivity contribution in [3.8, 4) is 11.5 Å². The van der Waals surface area contributed by atoms with Gasteiger partial charge in [0.2, 0.25) is 0 Å². The highest BCUT2D eigenvalue weighted by atomic mass is 32.1. The Morgan fingerprint density at radius 3 is 3.14 bits per heavy atom. The largest absolute Gasteiger partial charge is 0.305 e. The number of thiophene rings is 1. The summed E-state index contributed by atoms with van der Waals surface area (Å²) in [6, 6.07) is 1.75. The topological polar surface area (TPSA) is 71.5 Å². The van der Waals surface area contributed by atoms with E-state index >= 15 is 0 Å². The zero-order valence-electron chi connectivity index (χ0n) is 12.3. The second-order valence-electron chi connectivity index (χ2n) is 5.71. The Labute approximate surface area is 131 Å². The molecule has 3 aromatic rings. The molecule has 22 heavy (non-hydrogen) atoms. The molecule has 0 radical (unpaired) electrons. The fourth-order valence-electron chi connectivity index (χ4n) is 3.15. The van der Waals surface area contributed by atoms with Crippen molar-refractivity contribution < 1.29 is 0 Å². The number of H-pyrrole nitrogens is 1. The van der Waals surface area contributed by atoms with E-state index in [1.54, 1.807) is 23.6 Å². The number of hydrogen-bond acceptors (Lipinski definition) is 5. The van der Waals surface area contributed by atoms with Gasteiger partial charge in [0.25, 0.3) is 5.56 Å². The van der Waals surface area contributed by atoms with Gasteiger partial charge in [-0.2, -0.15) is 0 Å². The molecule has 0 aliphatic heterocycles. The van der Waals surface area contributed by atoms with Crippen LogP contribution in [-0.4, -0.2) is 19.9 Å². The van der Waals surface area contributed by atoms with E-state index in [1.165, 1.54) is 29.6 Å². The minimum absolute atomic E-state index is 0.0499. The van der Waals surface area contributed by atoms with E-state index in [1.807, 2.05) is 0 Å². The average Bonchev–Trinajstić information content (AvgIpc) is 2.93. The molecule has 1 aliphatic rings. The predicted octanol–water partition coefficient (Wildman–Crippen LogP) is 2.96. The standard InChI is InChI=1S/C16H16N4OS/c1-2-9-3-4-10-12(7-9)22-16-13(10)15(21)19-14(20-16)11-5-6-17-8-18-11/h5-6,8-9H,2-4,7H2,1H3,(H,19,20,21). The Kier molecular flexibility index (Phi) is 3.26. The fraction of sp³-hybridized carbons (Fsp3) is 0.375. The molecule has 1 aliphatic carbocycles. The van der Waals surface area contributed by atoms with E-state index in [0.717, 1.165) is 29.0 Å². The molecule has 0 spiro atoms. The first-order valence-electron chi connectivity index (χ1n) is 7.57. The van der Waals surface area contributed by atoms with Crippen LogP contribution in [0.5, 0.6) is 0 Å². The maximum absolute atomic E-state index is 12.5. The van der Waals surface area contributed by atoms with Gasteiger partial charge in [-0.25, -0.2) is 15.0 Å². The summed E-state index contributed by atoms with van der Waals surface area (Å²) in [5, 5.41) is 0.785. The summed E-state index contributed by atoms with van der Waals surface area (Å²) in [5.41, 5.74) is 1.81. The van der Waals surface area contributed by atoms with Gasteiger partial charge in [-0.05, 0) is 36.8 Å². The Balaban J connectivity index is 1.88. The fourth-order valence-corrected chi connectivity index (χ4v) is 4.49. The Bertz CT molecular complexity index is 884. The minimum Gasteiger partial charge on any atom is -0.305 e. The summed E-state index contributed by atoms with van der Waals surface area (Å²) in [6.45, 7) is 2.24. The second kappa shape index (κ2) is 5.28. The zero-order chi connectivity index (χ0) is 15.1. The minimum atomic E-state index is -0.0499. The molecule has 3 heterocycles. The average molecular weight is 312 g/mol. The number of aryl methyl sites for hydroxylation is 1. The van der Waals surface area contributed by atoms with Crippen molar-refractivity contribution in [2.75, 3.05) is 0 Å². The number of aromatic nitrogens is 4. The molecule has 3 aromatic heterocycles. The molecule has 1 N–H and O–H groups in total. The quantitative estimate of drug-likeness (QED) is 0.789. The first-order chi connectivity index (χ1) is 10.8. The summed E-state index contributed by atoms with van der Waals surface area (Å²) < 4.78 is 0. The van der Waals surface area contributed by atoms with Crippen molar-refractivity contribution in [3.05, 3.63) is 39.4 Å².